The molecule has 0 radical (unpaired) electrons. The highest BCUT2D eigenvalue weighted by atomic mass is 35.5. The normalized spacial score (nSPS) is 17.1. The van der Waals surface area contributed by atoms with E-state index in [1.54, 1.807) is 14.2 Å². The largest absolute Gasteiger partial charge is 0.497 e. The topological polar surface area (TPSA) is 51.6 Å². The lowest BCUT2D eigenvalue weighted by Gasteiger charge is -2.29. The predicted octanol–water partition coefficient (Wildman–Crippen LogP) is 6.65. The van der Waals surface area contributed by atoms with Crippen LogP contribution in [-0.4, -0.2) is 28.9 Å². The second-order valence-corrected chi connectivity index (χ2v) is 9.95. The maximum Gasteiger partial charge on any atom is 0.174 e. The van der Waals surface area contributed by atoms with Crippen LogP contribution in [0.5, 0.6) is 11.5 Å². The van der Waals surface area contributed by atoms with Gasteiger partial charge in [-0.15, -0.1) is 0 Å². The van der Waals surface area contributed by atoms with Crippen LogP contribution in [0.1, 0.15) is 40.3 Å². The number of hydrogen-bond acceptors (Lipinski definition) is 4. The van der Waals surface area contributed by atoms with Gasteiger partial charge < -0.3 is 24.3 Å². The van der Waals surface area contributed by atoms with E-state index in [0.717, 1.165) is 45.3 Å². The Morgan fingerprint density at radius 2 is 1.76 bits per heavy atom. The Hall–Kier alpha value is -3.55. The number of anilines is 1. The van der Waals surface area contributed by atoms with Gasteiger partial charge in [-0.25, -0.2) is 0 Å². The van der Waals surface area contributed by atoms with Crippen molar-refractivity contribution in [3.63, 3.8) is 0 Å². The number of aromatic nitrogens is 2. The lowest BCUT2D eigenvalue weighted by molar-refractivity contribution is 0.403. The second-order valence-electron chi connectivity index (χ2n) is 9.13. The number of methoxy groups -OCH3 is 2. The molecule has 1 aliphatic heterocycles. The van der Waals surface area contributed by atoms with Gasteiger partial charge in [-0.05, 0) is 86.6 Å². The van der Waals surface area contributed by atoms with E-state index in [2.05, 4.69) is 46.6 Å². The highest BCUT2D eigenvalue weighted by molar-refractivity contribution is 7.80. The first-order chi connectivity index (χ1) is 17.8. The molecular formula is C29H29ClN4O2S. The number of benzene rings is 2. The number of nitrogens with one attached hydrogen (secondary N) is 1. The van der Waals surface area contributed by atoms with Crippen LogP contribution in [-0.2, 0) is 0 Å². The Balaban J connectivity index is 1.73. The molecular weight excluding hydrogens is 504 g/mol. The van der Waals surface area contributed by atoms with E-state index in [0.29, 0.717) is 15.9 Å². The maximum absolute atomic E-state index is 6.41. The van der Waals surface area contributed by atoms with Crippen LogP contribution in [0.4, 0.5) is 5.69 Å². The first kappa shape index (κ1) is 25.1. The Morgan fingerprint density at radius 3 is 2.46 bits per heavy atom. The van der Waals surface area contributed by atoms with Gasteiger partial charge in [0.15, 0.2) is 5.11 Å². The first-order valence-electron chi connectivity index (χ1n) is 12.0. The smallest absolute Gasteiger partial charge is 0.174 e. The zero-order valence-corrected chi connectivity index (χ0v) is 23.0. The Kier molecular flexibility index (Phi) is 6.84. The van der Waals surface area contributed by atoms with Gasteiger partial charge in [-0.2, -0.15) is 0 Å². The van der Waals surface area contributed by atoms with Gasteiger partial charge in [0.05, 0.1) is 37.7 Å². The molecule has 0 bridgehead atoms. The van der Waals surface area contributed by atoms with Gasteiger partial charge >= 0.3 is 0 Å². The van der Waals surface area contributed by atoms with Crippen LogP contribution >= 0.6 is 23.8 Å². The van der Waals surface area contributed by atoms with Gasteiger partial charge in [-0.3, -0.25) is 4.98 Å². The van der Waals surface area contributed by atoms with Crippen molar-refractivity contribution in [3.05, 3.63) is 100 Å². The van der Waals surface area contributed by atoms with E-state index >= 15 is 0 Å². The predicted molar refractivity (Wildman–Crippen MR) is 152 cm³/mol. The number of halogens is 1. The van der Waals surface area contributed by atoms with Crippen molar-refractivity contribution < 1.29 is 9.47 Å². The molecule has 0 aliphatic carbocycles. The summed E-state index contributed by atoms with van der Waals surface area (Å²) in [5, 5.41) is 4.84. The molecule has 2 aromatic heterocycles. The second kappa shape index (κ2) is 10.1. The van der Waals surface area contributed by atoms with Gasteiger partial charge in [0.2, 0.25) is 0 Å². The summed E-state index contributed by atoms with van der Waals surface area (Å²) in [6, 6.07) is 19.5. The quantitative estimate of drug-likeness (QED) is 0.281. The molecule has 0 saturated carbocycles. The molecule has 2 aromatic carbocycles. The van der Waals surface area contributed by atoms with Crippen molar-refractivity contribution in [3.8, 4) is 17.2 Å². The molecule has 3 heterocycles. The minimum atomic E-state index is -0.192. The number of hydrogen-bond donors (Lipinski definition) is 1. The van der Waals surface area contributed by atoms with Crippen molar-refractivity contribution >= 4 is 34.6 Å². The van der Waals surface area contributed by atoms with Crippen LogP contribution in [0.3, 0.4) is 0 Å². The summed E-state index contributed by atoms with van der Waals surface area (Å²) in [6.45, 7) is 6.35. The van der Waals surface area contributed by atoms with Gasteiger partial charge in [0.1, 0.15) is 11.5 Å². The minimum absolute atomic E-state index is 0.181. The lowest BCUT2D eigenvalue weighted by Crippen LogP contribution is -2.30. The third kappa shape index (κ3) is 4.43. The van der Waals surface area contributed by atoms with Gasteiger partial charge in [0.25, 0.3) is 0 Å². The molecule has 1 aliphatic rings. The summed E-state index contributed by atoms with van der Waals surface area (Å²) in [5.41, 5.74) is 7.27. The monoisotopic (exact) mass is 532 g/mol. The molecule has 1 saturated heterocycles. The zero-order valence-electron chi connectivity index (χ0n) is 21.4. The SMILES string of the molecule is COc1ccc(OC)c(N2C(=S)N[C@@H](c3ccccn3)[C@@H]2c2cc(C)n(-c3cc(Cl)ccc3C)c2C)c1. The fourth-order valence-electron chi connectivity index (χ4n) is 5.20. The van der Waals surface area contributed by atoms with Crippen molar-refractivity contribution in [2.45, 2.75) is 32.9 Å². The molecule has 5 rings (SSSR count). The van der Waals surface area contributed by atoms with Crippen molar-refractivity contribution in [2.75, 3.05) is 19.1 Å². The number of pyridine rings is 1. The first-order valence-corrected chi connectivity index (χ1v) is 12.8. The molecule has 37 heavy (non-hydrogen) atoms. The van der Waals surface area contributed by atoms with E-state index in [1.807, 2.05) is 60.8 Å². The summed E-state index contributed by atoms with van der Waals surface area (Å²) in [5.74, 6) is 1.43. The van der Waals surface area contributed by atoms with Crippen molar-refractivity contribution in [2.24, 2.45) is 0 Å². The molecule has 2 atom stereocenters. The maximum atomic E-state index is 6.41. The molecule has 1 N–H and O–H groups in total. The van der Waals surface area contributed by atoms with Gasteiger partial charge in [0, 0.05) is 34.4 Å². The van der Waals surface area contributed by atoms with Crippen LogP contribution in [0.25, 0.3) is 5.69 Å². The van der Waals surface area contributed by atoms with Gasteiger partial charge in [-0.1, -0.05) is 23.7 Å². The number of ether oxygens (including phenoxy) is 2. The van der Waals surface area contributed by atoms with Crippen LogP contribution in [0.15, 0.2) is 66.9 Å². The number of thiocarbonyl (C=S) groups is 1. The highest BCUT2D eigenvalue weighted by Gasteiger charge is 2.43. The highest BCUT2D eigenvalue weighted by Crippen LogP contribution is 2.47. The summed E-state index contributed by atoms with van der Waals surface area (Å²) < 4.78 is 13.6. The third-order valence-corrected chi connectivity index (χ3v) is 7.49. The Bertz CT molecular complexity index is 1470. The number of nitrogens with zero attached hydrogens (tertiary/aromatic N) is 3. The van der Waals surface area contributed by atoms with E-state index in [9.17, 15) is 0 Å². The summed E-state index contributed by atoms with van der Waals surface area (Å²) >= 11 is 12.4. The Morgan fingerprint density at radius 1 is 0.946 bits per heavy atom. The molecule has 0 unspecified atom stereocenters. The average molecular weight is 533 g/mol. The third-order valence-electron chi connectivity index (χ3n) is 6.94. The average Bonchev–Trinajstić information content (AvgIpc) is 3.40. The van der Waals surface area contributed by atoms with Crippen molar-refractivity contribution in [1.82, 2.24) is 14.9 Å². The Labute approximate surface area is 227 Å². The fraction of sp³-hybridized carbons (Fsp3) is 0.241. The molecule has 4 aromatic rings. The molecule has 8 heteroatoms. The zero-order chi connectivity index (χ0) is 26.3. The molecule has 0 spiro atoms. The molecule has 190 valence electrons. The summed E-state index contributed by atoms with van der Waals surface area (Å²) in [6.07, 6.45) is 1.81. The van der Waals surface area contributed by atoms with Crippen molar-refractivity contribution in [1.29, 1.82) is 0 Å². The number of aryl methyl sites for hydroxylation is 2. The molecule has 0 amide bonds. The molecule has 1 fully saturated rings. The van der Waals surface area contributed by atoms with E-state index in [1.165, 1.54) is 0 Å². The van der Waals surface area contributed by atoms with E-state index in [-0.39, 0.29) is 12.1 Å². The fourth-order valence-corrected chi connectivity index (χ4v) is 5.70. The minimum Gasteiger partial charge on any atom is -0.497 e. The van der Waals surface area contributed by atoms with Crippen LogP contribution in [0, 0.1) is 20.8 Å². The van der Waals surface area contributed by atoms with Crippen LogP contribution < -0.4 is 19.7 Å². The number of rotatable bonds is 6. The summed E-state index contributed by atoms with van der Waals surface area (Å²) in [7, 11) is 3.32. The standard InChI is InChI=1S/C29H29ClN4O2S/c1-17-9-10-20(30)15-24(17)33-18(2)14-22(19(33)3)28-27(23-8-6-7-13-31-23)32-29(37)34(28)25-16-21(35-4)11-12-26(25)36-5/h6-16,27-28H,1-5H3,(H,32,37)/t27-,28-/m0/s1. The lowest BCUT2D eigenvalue weighted by atomic mass is 9.96. The van der Waals surface area contributed by atoms with Crippen LogP contribution in [0.2, 0.25) is 5.02 Å². The molecule has 6 nitrogen and oxygen atoms in total. The van der Waals surface area contributed by atoms with E-state index in [4.69, 9.17) is 33.3 Å². The summed E-state index contributed by atoms with van der Waals surface area (Å²) in [4.78, 5) is 6.81. The van der Waals surface area contributed by atoms with E-state index < -0.39 is 0 Å².